The molecule has 1 fully saturated rings. The van der Waals surface area contributed by atoms with Crippen LogP contribution in [0.3, 0.4) is 0 Å². The van der Waals surface area contributed by atoms with E-state index in [-0.39, 0.29) is 19.6 Å². The number of carbonyl (C=O) groups is 1. The number of carbonyl (C=O) groups excluding carboxylic acids is 1. The van der Waals surface area contributed by atoms with E-state index in [1.54, 1.807) is 0 Å². The van der Waals surface area contributed by atoms with Crippen LogP contribution in [-0.2, 0) is 38.3 Å². The van der Waals surface area contributed by atoms with Gasteiger partial charge in [-0.05, 0) is 77.0 Å². The fourth-order valence-corrected chi connectivity index (χ4v) is 8.24. The maximum absolute atomic E-state index is 12.9. The van der Waals surface area contributed by atoms with Gasteiger partial charge in [0.2, 0.25) is 0 Å². The van der Waals surface area contributed by atoms with Gasteiger partial charge in [-0.2, -0.15) is 8.42 Å². The Hall–Kier alpha value is -1.94. The van der Waals surface area contributed by atoms with Crippen LogP contribution in [0.1, 0.15) is 213 Å². The molecule has 1 aliphatic heterocycles. The summed E-state index contributed by atoms with van der Waals surface area (Å²) in [4.78, 5) is 12.9. The standard InChI is InChI=1S/C52H94O12S/c1-3-5-7-9-11-13-15-17-19-21-23-25-27-29-31-33-35-37-39-41-48(54)62-46(45-61-52-50(56)51(64-65(57,58)59)49(55)47(43-53)63-52)44-60-42-40-38-36-34-32-30-28-26-24-22-20-18-16-14-12-10-8-6-4-2/h11,13,17,19-20,22-23,25,46-47,49-53,55-56H,3-10,12,14-16,18,21,24,26-45H2,1-2H3,(H,57,58,59)/b13-11-,19-17-,22-20-,25-23-. The minimum atomic E-state index is -5.07. The van der Waals surface area contributed by atoms with Crippen molar-refractivity contribution in [3.63, 3.8) is 0 Å². The van der Waals surface area contributed by atoms with Crippen LogP contribution in [0, 0.1) is 0 Å². The van der Waals surface area contributed by atoms with Crippen LogP contribution in [0.15, 0.2) is 48.6 Å². The van der Waals surface area contributed by atoms with Gasteiger partial charge in [0.25, 0.3) is 0 Å². The molecule has 4 N–H and O–H groups in total. The first-order valence-corrected chi connectivity index (χ1v) is 27.3. The number of aliphatic hydroxyl groups excluding tert-OH is 3. The monoisotopic (exact) mass is 943 g/mol. The molecule has 0 saturated carbocycles. The van der Waals surface area contributed by atoms with E-state index in [1.165, 1.54) is 116 Å². The lowest BCUT2D eigenvalue weighted by Crippen LogP contribution is -2.60. The van der Waals surface area contributed by atoms with Crippen molar-refractivity contribution < 1.29 is 56.2 Å². The van der Waals surface area contributed by atoms with Gasteiger partial charge in [-0.15, -0.1) is 0 Å². The number of unbranched alkanes of at least 4 members (excludes halogenated alkanes) is 24. The van der Waals surface area contributed by atoms with Crippen LogP contribution in [0.4, 0.5) is 0 Å². The molecule has 0 amide bonds. The smallest absolute Gasteiger partial charge is 0.397 e. The van der Waals surface area contributed by atoms with Crippen LogP contribution in [0.5, 0.6) is 0 Å². The van der Waals surface area contributed by atoms with Crippen molar-refractivity contribution in [2.24, 2.45) is 0 Å². The molecule has 0 aromatic carbocycles. The predicted octanol–water partition coefficient (Wildman–Crippen LogP) is 11.9. The highest BCUT2D eigenvalue weighted by Crippen LogP contribution is 2.26. The van der Waals surface area contributed by atoms with E-state index in [2.05, 4.69) is 66.6 Å². The topological polar surface area (TPSA) is 178 Å². The van der Waals surface area contributed by atoms with Crippen molar-refractivity contribution >= 4 is 16.4 Å². The molecule has 1 heterocycles. The van der Waals surface area contributed by atoms with Gasteiger partial charge >= 0.3 is 16.4 Å². The quantitative estimate of drug-likeness (QED) is 0.0197. The van der Waals surface area contributed by atoms with Crippen molar-refractivity contribution in [1.29, 1.82) is 0 Å². The molecule has 1 aliphatic rings. The number of ether oxygens (including phenoxy) is 4. The number of hydrogen-bond acceptors (Lipinski definition) is 11. The SMILES string of the molecule is CCCCC/C=C\C/C=C\C/C=C\CCCCCCCCC(=O)OC(COCCCCCCCCCC/C=C\CCCCCCCCC)COC1OC(CO)C(O)C(OS(=O)(=O)O)C1O. The Labute approximate surface area is 396 Å². The van der Waals surface area contributed by atoms with Gasteiger partial charge in [-0.3, -0.25) is 9.35 Å². The van der Waals surface area contributed by atoms with E-state index in [0.29, 0.717) is 13.0 Å². The Morgan fingerprint density at radius 1 is 0.585 bits per heavy atom. The normalized spacial score (nSPS) is 20.0. The fourth-order valence-electron chi connectivity index (χ4n) is 7.73. The minimum Gasteiger partial charge on any atom is -0.457 e. The molecule has 380 valence electrons. The summed E-state index contributed by atoms with van der Waals surface area (Å²) in [7, 11) is -5.07. The van der Waals surface area contributed by atoms with Crippen molar-refractivity contribution in [3.8, 4) is 0 Å². The van der Waals surface area contributed by atoms with Gasteiger partial charge in [0.15, 0.2) is 6.29 Å². The van der Waals surface area contributed by atoms with E-state index in [0.717, 1.165) is 70.6 Å². The average Bonchev–Trinajstić information content (AvgIpc) is 3.28. The Balaban J connectivity index is 2.38. The lowest BCUT2D eigenvalue weighted by atomic mass is 9.99. The zero-order chi connectivity index (χ0) is 47.5. The van der Waals surface area contributed by atoms with Gasteiger partial charge < -0.3 is 34.3 Å². The second kappa shape index (κ2) is 43.3. The molecule has 0 aromatic heterocycles. The summed E-state index contributed by atoms with van der Waals surface area (Å²) in [5.41, 5.74) is 0. The highest BCUT2D eigenvalue weighted by Gasteiger charge is 2.48. The molecular weight excluding hydrogens is 849 g/mol. The van der Waals surface area contributed by atoms with Crippen molar-refractivity contribution in [2.75, 3.05) is 26.4 Å². The third kappa shape index (κ3) is 36.7. The molecule has 1 saturated heterocycles. The Bertz CT molecular complexity index is 1320. The number of aliphatic hydroxyl groups is 3. The van der Waals surface area contributed by atoms with E-state index in [1.807, 2.05) is 0 Å². The number of hydrogen-bond donors (Lipinski definition) is 4. The van der Waals surface area contributed by atoms with Crippen molar-refractivity contribution in [3.05, 3.63) is 48.6 Å². The van der Waals surface area contributed by atoms with Gasteiger partial charge in [0.05, 0.1) is 19.8 Å². The molecule has 12 nitrogen and oxygen atoms in total. The lowest BCUT2D eigenvalue weighted by molar-refractivity contribution is -0.301. The predicted molar refractivity (Wildman–Crippen MR) is 262 cm³/mol. The Morgan fingerprint density at radius 2 is 1.02 bits per heavy atom. The van der Waals surface area contributed by atoms with Gasteiger partial charge in [0.1, 0.15) is 30.5 Å². The first-order chi connectivity index (χ1) is 31.6. The molecule has 6 atom stereocenters. The van der Waals surface area contributed by atoms with Gasteiger partial charge in [-0.1, -0.05) is 178 Å². The summed E-state index contributed by atoms with van der Waals surface area (Å²) in [5, 5.41) is 30.8. The summed E-state index contributed by atoms with van der Waals surface area (Å²) >= 11 is 0. The second-order valence-electron chi connectivity index (χ2n) is 17.8. The first-order valence-electron chi connectivity index (χ1n) is 25.9. The third-order valence-electron chi connectivity index (χ3n) is 11.7. The molecule has 0 aliphatic carbocycles. The summed E-state index contributed by atoms with van der Waals surface area (Å²) < 4.78 is 59.2. The first kappa shape index (κ1) is 61.1. The average molecular weight is 943 g/mol. The maximum Gasteiger partial charge on any atom is 0.397 e. The fraction of sp³-hybridized carbons (Fsp3) is 0.827. The van der Waals surface area contributed by atoms with Crippen LogP contribution in [0.25, 0.3) is 0 Å². The molecule has 0 bridgehead atoms. The highest BCUT2D eigenvalue weighted by atomic mass is 32.3. The van der Waals surface area contributed by atoms with Crippen molar-refractivity contribution in [1.82, 2.24) is 0 Å². The summed E-state index contributed by atoms with van der Waals surface area (Å²) in [6.07, 6.45) is 44.2. The van der Waals surface area contributed by atoms with Crippen LogP contribution in [-0.4, -0.2) is 97.5 Å². The molecule has 6 unspecified atom stereocenters. The molecule has 0 spiro atoms. The number of esters is 1. The summed E-state index contributed by atoms with van der Waals surface area (Å²) in [6.45, 7) is 3.96. The molecular formula is C52H94O12S. The van der Waals surface area contributed by atoms with E-state index < -0.39 is 59.8 Å². The lowest BCUT2D eigenvalue weighted by Gasteiger charge is -2.41. The largest absolute Gasteiger partial charge is 0.457 e. The van der Waals surface area contributed by atoms with E-state index in [9.17, 15) is 33.1 Å². The van der Waals surface area contributed by atoms with Gasteiger partial charge in [0, 0.05) is 13.0 Å². The molecule has 65 heavy (non-hydrogen) atoms. The van der Waals surface area contributed by atoms with Crippen molar-refractivity contribution in [2.45, 2.75) is 250 Å². The number of allylic oxidation sites excluding steroid dienone is 8. The van der Waals surface area contributed by atoms with Gasteiger partial charge in [-0.25, -0.2) is 4.18 Å². The summed E-state index contributed by atoms with van der Waals surface area (Å²) in [6, 6.07) is 0. The molecule has 0 radical (unpaired) electrons. The van der Waals surface area contributed by atoms with Crippen LogP contribution >= 0.6 is 0 Å². The zero-order valence-electron chi connectivity index (χ0n) is 40.8. The second-order valence-corrected chi connectivity index (χ2v) is 18.8. The summed E-state index contributed by atoms with van der Waals surface area (Å²) in [5.74, 6) is -0.412. The highest BCUT2D eigenvalue weighted by molar-refractivity contribution is 7.80. The van der Waals surface area contributed by atoms with E-state index in [4.69, 9.17) is 18.9 Å². The maximum atomic E-state index is 12.9. The Morgan fingerprint density at radius 3 is 1.52 bits per heavy atom. The molecule has 1 rings (SSSR count). The third-order valence-corrected chi connectivity index (χ3v) is 12.1. The minimum absolute atomic E-state index is 0.0281. The number of rotatable bonds is 45. The van der Waals surface area contributed by atoms with Crippen LogP contribution in [0.2, 0.25) is 0 Å². The van der Waals surface area contributed by atoms with E-state index >= 15 is 0 Å². The molecule has 13 heteroatoms. The Kier molecular flexibility index (Phi) is 40.7. The zero-order valence-corrected chi connectivity index (χ0v) is 41.6. The molecule has 0 aromatic rings. The van der Waals surface area contributed by atoms with Crippen LogP contribution < -0.4 is 0 Å².